The lowest BCUT2D eigenvalue weighted by molar-refractivity contribution is -0.0141. The second kappa shape index (κ2) is 14.4. The first-order valence-electron chi connectivity index (χ1n) is 18.0. The number of aliphatic hydroxyl groups is 1. The van der Waals surface area contributed by atoms with Crippen LogP contribution in [0.3, 0.4) is 0 Å². The van der Waals surface area contributed by atoms with Gasteiger partial charge in [0.25, 0.3) is 0 Å². The maximum atomic E-state index is 13.0. The molecule has 1 aliphatic rings. The van der Waals surface area contributed by atoms with E-state index in [9.17, 15) is 5.11 Å². The van der Waals surface area contributed by atoms with Gasteiger partial charge in [-0.2, -0.15) is 0 Å². The molecule has 7 aromatic rings. The Bertz CT molecular complexity index is 2030. The van der Waals surface area contributed by atoms with E-state index in [1.807, 2.05) is 36.4 Å². The van der Waals surface area contributed by atoms with Crippen LogP contribution < -0.4 is 0 Å². The number of fused-ring (bicyclic) bond motifs is 2. The first kappa shape index (κ1) is 32.2. The standard InChI is InChI=1S/C47H44N2O/c50-47(41-25-6-2-7-26-41,42-27-8-3-9-28-42)46-31-16-32-48(46)35-45(38-19-4-1-5-20-38)49(33-39-23-14-21-36-17-10-12-29-43(36)39)34-40-24-15-22-37-18-11-13-30-44(37)40/h1-15,17-30,45-46,50H,16,31-35H2/t45-,46-/m0/s1. The van der Waals surface area contributed by atoms with Gasteiger partial charge in [0.15, 0.2) is 0 Å². The Kier molecular flexibility index (Phi) is 9.28. The number of benzene rings is 7. The van der Waals surface area contributed by atoms with Gasteiger partial charge in [-0.1, -0.05) is 176 Å². The molecule has 0 amide bonds. The van der Waals surface area contributed by atoms with E-state index in [1.54, 1.807) is 0 Å². The fourth-order valence-corrected chi connectivity index (χ4v) is 8.36. The average molecular weight is 653 g/mol. The minimum absolute atomic E-state index is 0.0736. The van der Waals surface area contributed by atoms with Gasteiger partial charge >= 0.3 is 0 Å². The van der Waals surface area contributed by atoms with Gasteiger partial charge in [0, 0.05) is 31.7 Å². The second-order valence-corrected chi connectivity index (χ2v) is 13.8. The molecule has 1 saturated heterocycles. The molecule has 0 unspecified atom stereocenters. The summed E-state index contributed by atoms with van der Waals surface area (Å²) in [5, 5.41) is 18.1. The Morgan fingerprint density at radius 2 is 1.02 bits per heavy atom. The smallest absolute Gasteiger partial charge is 0.130 e. The van der Waals surface area contributed by atoms with Crippen LogP contribution in [-0.2, 0) is 18.7 Å². The minimum atomic E-state index is -1.14. The van der Waals surface area contributed by atoms with Crippen LogP contribution in [0.2, 0.25) is 0 Å². The third-order valence-corrected chi connectivity index (χ3v) is 10.8. The largest absolute Gasteiger partial charge is 0.379 e. The molecule has 248 valence electrons. The Morgan fingerprint density at radius 1 is 0.560 bits per heavy atom. The zero-order valence-electron chi connectivity index (χ0n) is 28.5. The van der Waals surface area contributed by atoms with Crippen molar-refractivity contribution in [3.05, 3.63) is 204 Å². The quantitative estimate of drug-likeness (QED) is 0.151. The van der Waals surface area contributed by atoms with Gasteiger partial charge in [0.2, 0.25) is 0 Å². The van der Waals surface area contributed by atoms with Crippen LogP contribution in [0.5, 0.6) is 0 Å². The predicted molar refractivity (Wildman–Crippen MR) is 207 cm³/mol. The summed E-state index contributed by atoms with van der Waals surface area (Å²) in [5.74, 6) is 0. The molecule has 1 N–H and O–H groups in total. The molecule has 0 radical (unpaired) electrons. The Balaban J connectivity index is 1.23. The summed E-state index contributed by atoms with van der Waals surface area (Å²) in [7, 11) is 0. The van der Waals surface area contributed by atoms with E-state index in [0.717, 1.165) is 50.1 Å². The lowest BCUT2D eigenvalue weighted by atomic mass is 9.79. The summed E-state index contributed by atoms with van der Waals surface area (Å²) in [5.41, 5.74) is 4.70. The van der Waals surface area contributed by atoms with Crippen molar-refractivity contribution in [3.63, 3.8) is 0 Å². The van der Waals surface area contributed by atoms with Crippen LogP contribution in [0.4, 0.5) is 0 Å². The number of likely N-dealkylation sites (tertiary alicyclic amines) is 1. The molecule has 1 heterocycles. The third-order valence-electron chi connectivity index (χ3n) is 10.8. The van der Waals surface area contributed by atoms with E-state index in [0.29, 0.717) is 0 Å². The van der Waals surface area contributed by atoms with Crippen LogP contribution in [0, 0.1) is 0 Å². The fourth-order valence-electron chi connectivity index (χ4n) is 8.36. The van der Waals surface area contributed by atoms with Crippen LogP contribution in [-0.4, -0.2) is 34.0 Å². The molecule has 0 aliphatic carbocycles. The maximum absolute atomic E-state index is 13.0. The van der Waals surface area contributed by atoms with Crippen molar-refractivity contribution in [2.45, 2.75) is 43.6 Å². The SMILES string of the molecule is OC(c1ccccc1)(c1ccccc1)[C@@H]1CCCN1C[C@@H](c1ccccc1)N(Cc1cccc2ccccc12)Cc1cccc2ccccc12. The maximum Gasteiger partial charge on any atom is 0.130 e. The first-order valence-corrected chi connectivity index (χ1v) is 18.0. The van der Waals surface area contributed by atoms with Gasteiger partial charge in [-0.3, -0.25) is 9.80 Å². The van der Waals surface area contributed by atoms with E-state index < -0.39 is 5.60 Å². The van der Waals surface area contributed by atoms with E-state index in [1.165, 1.54) is 38.2 Å². The third kappa shape index (κ3) is 6.36. The van der Waals surface area contributed by atoms with Crippen LogP contribution in [0.1, 0.15) is 46.7 Å². The van der Waals surface area contributed by atoms with Crippen LogP contribution in [0.15, 0.2) is 176 Å². The van der Waals surface area contributed by atoms with E-state index in [-0.39, 0.29) is 12.1 Å². The van der Waals surface area contributed by atoms with Crippen LogP contribution in [0.25, 0.3) is 21.5 Å². The van der Waals surface area contributed by atoms with Crippen molar-refractivity contribution in [2.24, 2.45) is 0 Å². The number of hydrogen-bond acceptors (Lipinski definition) is 3. The molecule has 3 nitrogen and oxygen atoms in total. The van der Waals surface area contributed by atoms with Gasteiger partial charge in [-0.25, -0.2) is 0 Å². The van der Waals surface area contributed by atoms with Crippen molar-refractivity contribution in [1.29, 1.82) is 0 Å². The van der Waals surface area contributed by atoms with E-state index in [2.05, 4.69) is 149 Å². The summed E-state index contributed by atoms with van der Waals surface area (Å²) in [6.45, 7) is 3.33. The lowest BCUT2D eigenvalue weighted by Crippen LogP contribution is -2.50. The molecule has 50 heavy (non-hydrogen) atoms. The Labute approximate surface area is 296 Å². The monoisotopic (exact) mass is 652 g/mol. The van der Waals surface area contributed by atoms with Gasteiger partial charge in [-0.05, 0) is 68.7 Å². The zero-order chi connectivity index (χ0) is 33.8. The van der Waals surface area contributed by atoms with Crippen molar-refractivity contribution >= 4 is 21.5 Å². The summed E-state index contributed by atoms with van der Waals surface area (Å²) < 4.78 is 0. The molecule has 7 aromatic carbocycles. The van der Waals surface area contributed by atoms with Crippen LogP contribution >= 0.6 is 0 Å². The van der Waals surface area contributed by atoms with Gasteiger partial charge < -0.3 is 5.11 Å². The Hall–Kier alpha value is -5.06. The summed E-state index contributed by atoms with van der Waals surface area (Å²) in [4.78, 5) is 5.26. The normalized spacial score (nSPS) is 15.9. The number of rotatable bonds is 11. The minimum Gasteiger partial charge on any atom is -0.379 e. The average Bonchev–Trinajstić information content (AvgIpc) is 3.66. The van der Waals surface area contributed by atoms with Crippen molar-refractivity contribution in [2.75, 3.05) is 13.1 Å². The highest BCUT2D eigenvalue weighted by Crippen LogP contribution is 2.42. The first-order chi connectivity index (χ1) is 24.7. The number of nitrogens with zero attached hydrogens (tertiary/aromatic N) is 2. The van der Waals surface area contributed by atoms with E-state index in [4.69, 9.17) is 0 Å². The van der Waals surface area contributed by atoms with Gasteiger partial charge in [-0.15, -0.1) is 0 Å². The Morgan fingerprint density at radius 3 is 1.56 bits per heavy atom. The molecule has 3 heteroatoms. The highest BCUT2D eigenvalue weighted by Gasteiger charge is 2.46. The molecule has 8 rings (SSSR count). The lowest BCUT2D eigenvalue weighted by Gasteiger charge is -2.43. The molecule has 0 spiro atoms. The molecular formula is C47H44N2O. The highest BCUT2D eigenvalue weighted by molar-refractivity contribution is 5.86. The number of hydrogen-bond donors (Lipinski definition) is 1. The fraction of sp³-hybridized carbons (Fsp3) is 0.191. The molecule has 1 aliphatic heterocycles. The van der Waals surface area contributed by atoms with Crippen molar-refractivity contribution in [1.82, 2.24) is 9.80 Å². The molecule has 1 fully saturated rings. The van der Waals surface area contributed by atoms with Gasteiger partial charge in [0.1, 0.15) is 5.60 Å². The second-order valence-electron chi connectivity index (χ2n) is 13.8. The zero-order valence-corrected chi connectivity index (χ0v) is 28.5. The van der Waals surface area contributed by atoms with Crippen molar-refractivity contribution in [3.8, 4) is 0 Å². The summed E-state index contributed by atoms with van der Waals surface area (Å²) >= 11 is 0. The molecule has 0 bridgehead atoms. The van der Waals surface area contributed by atoms with Crippen molar-refractivity contribution < 1.29 is 5.11 Å². The summed E-state index contributed by atoms with van der Waals surface area (Å²) in [6.07, 6.45) is 1.97. The van der Waals surface area contributed by atoms with E-state index >= 15 is 0 Å². The highest BCUT2D eigenvalue weighted by atomic mass is 16.3. The predicted octanol–water partition coefficient (Wildman–Crippen LogP) is 10.1. The topological polar surface area (TPSA) is 26.7 Å². The molecule has 0 aromatic heterocycles. The molecular weight excluding hydrogens is 609 g/mol. The molecule has 2 atom stereocenters. The van der Waals surface area contributed by atoms with Gasteiger partial charge in [0.05, 0.1) is 0 Å². The summed E-state index contributed by atoms with van der Waals surface area (Å²) in [6, 6.07) is 62.5. The molecule has 0 saturated carbocycles.